The van der Waals surface area contributed by atoms with Gasteiger partial charge < -0.3 is 15.4 Å². The van der Waals surface area contributed by atoms with E-state index in [4.69, 9.17) is 4.74 Å². The number of nitrogens with zero attached hydrogens (tertiary/aromatic N) is 2. The van der Waals surface area contributed by atoms with E-state index in [1.165, 1.54) is 17.7 Å². The molecule has 6 heteroatoms. The predicted octanol–water partition coefficient (Wildman–Crippen LogP) is 3.09. The highest BCUT2D eigenvalue weighted by molar-refractivity contribution is 5.79. The maximum atomic E-state index is 12.9. The smallest absolute Gasteiger partial charge is 0.191 e. The fraction of sp³-hybridized carbons (Fsp3) is 0.400. The summed E-state index contributed by atoms with van der Waals surface area (Å²) in [5, 5.41) is 6.54. The Labute approximate surface area is 154 Å². The predicted molar refractivity (Wildman–Crippen MR) is 103 cm³/mol. The number of aliphatic imine (C=N–C) groups is 1. The number of hydrogen-bond acceptors (Lipinski definition) is 3. The molecule has 2 rings (SSSR count). The molecule has 0 aliphatic carbocycles. The van der Waals surface area contributed by atoms with Crippen LogP contribution in [0.1, 0.15) is 25.1 Å². The van der Waals surface area contributed by atoms with Crippen molar-refractivity contribution in [3.63, 3.8) is 0 Å². The van der Waals surface area contributed by atoms with Crippen molar-refractivity contribution in [3.8, 4) is 5.75 Å². The number of hydrogen-bond donors (Lipinski definition) is 2. The summed E-state index contributed by atoms with van der Waals surface area (Å²) < 4.78 is 18.7. The van der Waals surface area contributed by atoms with Gasteiger partial charge in [-0.1, -0.05) is 6.07 Å². The molecule has 1 atom stereocenters. The summed E-state index contributed by atoms with van der Waals surface area (Å²) in [6.07, 6.45) is 2.66. The van der Waals surface area contributed by atoms with E-state index in [1.807, 2.05) is 33.0 Å². The van der Waals surface area contributed by atoms with Crippen LogP contribution >= 0.6 is 0 Å². The molecular formula is C20H27FN4O. The van der Waals surface area contributed by atoms with Gasteiger partial charge in [0.1, 0.15) is 17.7 Å². The minimum Gasteiger partial charge on any atom is -0.489 e. The molecule has 140 valence electrons. The third-order valence-corrected chi connectivity index (χ3v) is 3.68. The van der Waals surface area contributed by atoms with Crippen LogP contribution in [0.15, 0.2) is 47.6 Å². The summed E-state index contributed by atoms with van der Waals surface area (Å²) in [7, 11) is 0. The Bertz CT molecular complexity index is 686. The van der Waals surface area contributed by atoms with Crippen LogP contribution < -0.4 is 15.4 Å². The Hall–Kier alpha value is -2.63. The third kappa shape index (κ3) is 7.09. The first-order chi connectivity index (χ1) is 12.6. The quantitative estimate of drug-likeness (QED) is 0.562. The van der Waals surface area contributed by atoms with Crippen molar-refractivity contribution in [1.82, 2.24) is 15.6 Å². The summed E-state index contributed by atoms with van der Waals surface area (Å²) in [5.74, 6) is 1.12. The second-order valence-corrected chi connectivity index (χ2v) is 6.09. The van der Waals surface area contributed by atoms with E-state index in [9.17, 15) is 4.39 Å². The number of pyridine rings is 1. The molecule has 0 bridgehead atoms. The van der Waals surface area contributed by atoms with Crippen LogP contribution in [0, 0.1) is 12.7 Å². The van der Waals surface area contributed by atoms with Crippen molar-refractivity contribution in [2.75, 3.05) is 19.6 Å². The van der Waals surface area contributed by atoms with Gasteiger partial charge in [0, 0.05) is 25.0 Å². The lowest BCUT2D eigenvalue weighted by Gasteiger charge is -2.15. The van der Waals surface area contributed by atoms with Crippen molar-refractivity contribution in [2.45, 2.75) is 33.3 Å². The molecule has 0 aliphatic rings. The standard InChI is InChI=1S/C20H27FN4O/c1-4-22-20(23-12-11-17-6-5-15(2)24-14-17)25-13-16(3)26-19-9-7-18(21)8-10-19/h5-10,14,16H,4,11-13H2,1-3H3,(H2,22,23,25). The van der Waals surface area contributed by atoms with Crippen LogP contribution in [0.5, 0.6) is 5.75 Å². The molecule has 0 aliphatic heterocycles. The lowest BCUT2D eigenvalue weighted by molar-refractivity contribution is 0.230. The number of nitrogens with one attached hydrogen (secondary N) is 2. The molecule has 1 aromatic heterocycles. The zero-order valence-corrected chi connectivity index (χ0v) is 15.6. The van der Waals surface area contributed by atoms with Crippen LogP contribution in [0.3, 0.4) is 0 Å². The second-order valence-electron chi connectivity index (χ2n) is 6.09. The number of aromatic nitrogens is 1. The largest absolute Gasteiger partial charge is 0.489 e. The maximum Gasteiger partial charge on any atom is 0.191 e. The molecule has 1 aromatic carbocycles. The molecule has 0 amide bonds. The first-order valence-corrected chi connectivity index (χ1v) is 8.92. The molecule has 0 spiro atoms. The molecule has 0 fully saturated rings. The fourth-order valence-electron chi connectivity index (χ4n) is 2.32. The Morgan fingerprint density at radius 3 is 2.62 bits per heavy atom. The van der Waals surface area contributed by atoms with Gasteiger partial charge in [-0.15, -0.1) is 0 Å². The van der Waals surface area contributed by atoms with Gasteiger partial charge in [-0.2, -0.15) is 0 Å². The normalized spacial score (nSPS) is 12.5. The SMILES string of the molecule is CCNC(=NCC(C)Oc1ccc(F)cc1)NCCc1ccc(C)nc1. The second kappa shape index (κ2) is 10.4. The van der Waals surface area contributed by atoms with Crippen LogP contribution in [0.4, 0.5) is 4.39 Å². The van der Waals surface area contributed by atoms with E-state index in [2.05, 4.69) is 26.7 Å². The number of aryl methyl sites for hydroxylation is 1. The molecule has 26 heavy (non-hydrogen) atoms. The van der Waals surface area contributed by atoms with Crippen molar-refractivity contribution in [2.24, 2.45) is 4.99 Å². The molecule has 0 radical (unpaired) electrons. The molecular weight excluding hydrogens is 331 g/mol. The van der Waals surface area contributed by atoms with Gasteiger partial charge >= 0.3 is 0 Å². The van der Waals surface area contributed by atoms with E-state index in [-0.39, 0.29) is 11.9 Å². The highest BCUT2D eigenvalue weighted by Crippen LogP contribution is 2.13. The van der Waals surface area contributed by atoms with Gasteiger partial charge in [0.2, 0.25) is 0 Å². The maximum absolute atomic E-state index is 12.9. The van der Waals surface area contributed by atoms with Gasteiger partial charge in [-0.25, -0.2) is 9.38 Å². The highest BCUT2D eigenvalue weighted by atomic mass is 19.1. The average molecular weight is 358 g/mol. The van der Waals surface area contributed by atoms with Crippen molar-refractivity contribution < 1.29 is 9.13 Å². The van der Waals surface area contributed by atoms with Crippen LogP contribution in [0.25, 0.3) is 0 Å². The summed E-state index contributed by atoms with van der Waals surface area (Å²) in [4.78, 5) is 8.86. The fourth-order valence-corrected chi connectivity index (χ4v) is 2.32. The topological polar surface area (TPSA) is 58.5 Å². The van der Waals surface area contributed by atoms with Crippen LogP contribution in [-0.2, 0) is 6.42 Å². The molecule has 1 unspecified atom stereocenters. The first-order valence-electron chi connectivity index (χ1n) is 8.92. The van der Waals surface area contributed by atoms with E-state index in [0.29, 0.717) is 12.3 Å². The van der Waals surface area contributed by atoms with Crippen molar-refractivity contribution in [1.29, 1.82) is 0 Å². The number of guanidine groups is 1. The Morgan fingerprint density at radius 2 is 1.96 bits per heavy atom. The summed E-state index contributed by atoms with van der Waals surface area (Å²) in [6.45, 7) is 7.99. The zero-order valence-electron chi connectivity index (χ0n) is 15.6. The highest BCUT2D eigenvalue weighted by Gasteiger charge is 2.05. The Kier molecular flexibility index (Phi) is 7.86. The summed E-state index contributed by atoms with van der Waals surface area (Å²) in [6, 6.07) is 10.1. The minimum absolute atomic E-state index is 0.114. The lowest BCUT2D eigenvalue weighted by atomic mass is 10.2. The minimum atomic E-state index is -0.273. The lowest BCUT2D eigenvalue weighted by Crippen LogP contribution is -2.39. The molecule has 2 aromatic rings. The molecule has 0 saturated heterocycles. The summed E-state index contributed by atoms with van der Waals surface area (Å²) >= 11 is 0. The summed E-state index contributed by atoms with van der Waals surface area (Å²) in [5.41, 5.74) is 2.21. The van der Waals surface area contributed by atoms with E-state index < -0.39 is 0 Å². The third-order valence-electron chi connectivity index (χ3n) is 3.68. The van der Waals surface area contributed by atoms with E-state index in [0.717, 1.165) is 31.2 Å². The van der Waals surface area contributed by atoms with Gasteiger partial charge in [-0.3, -0.25) is 4.98 Å². The molecule has 5 nitrogen and oxygen atoms in total. The van der Waals surface area contributed by atoms with Gasteiger partial charge in [0.25, 0.3) is 0 Å². The number of benzene rings is 1. The zero-order chi connectivity index (χ0) is 18.8. The monoisotopic (exact) mass is 358 g/mol. The van der Waals surface area contributed by atoms with Gasteiger partial charge in [-0.05, 0) is 63.1 Å². The number of halogens is 1. The Morgan fingerprint density at radius 1 is 1.19 bits per heavy atom. The van der Waals surface area contributed by atoms with Gasteiger partial charge in [0.15, 0.2) is 5.96 Å². The number of rotatable bonds is 8. The van der Waals surface area contributed by atoms with E-state index >= 15 is 0 Å². The molecule has 1 heterocycles. The van der Waals surface area contributed by atoms with Crippen molar-refractivity contribution in [3.05, 3.63) is 59.7 Å². The molecule has 2 N–H and O–H groups in total. The Balaban J connectivity index is 1.80. The van der Waals surface area contributed by atoms with Crippen LogP contribution in [0.2, 0.25) is 0 Å². The van der Waals surface area contributed by atoms with Gasteiger partial charge in [0.05, 0.1) is 6.54 Å². The van der Waals surface area contributed by atoms with Crippen LogP contribution in [-0.4, -0.2) is 36.7 Å². The number of ether oxygens (including phenoxy) is 1. The average Bonchev–Trinajstić information content (AvgIpc) is 2.63. The van der Waals surface area contributed by atoms with E-state index in [1.54, 1.807) is 12.1 Å². The first kappa shape index (κ1) is 19.7. The van der Waals surface area contributed by atoms with Crippen molar-refractivity contribution >= 4 is 5.96 Å². The molecule has 0 saturated carbocycles.